The van der Waals surface area contributed by atoms with Crippen LogP contribution in [0.3, 0.4) is 0 Å². The molecule has 4 aliphatic carbocycles. The first-order valence-corrected chi connectivity index (χ1v) is 5.26. The van der Waals surface area contributed by atoms with Crippen LogP contribution in [0.2, 0.25) is 0 Å². The first-order chi connectivity index (χ1) is 5.75. The minimum Gasteiger partial charge on any atom is -0.300 e. The van der Waals surface area contributed by atoms with Crippen molar-refractivity contribution in [2.75, 3.05) is 0 Å². The summed E-state index contributed by atoms with van der Waals surface area (Å²) in [4.78, 5) is 11.4. The molecule has 0 amide bonds. The predicted octanol–water partition coefficient (Wildman–Crippen LogP) is 2.26. The van der Waals surface area contributed by atoms with E-state index in [0.717, 1.165) is 23.7 Å². The fraction of sp³-hybridized carbons (Fsp3) is 0.909. The molecule has 0 saturated heterocycles. The molecule has 0 aliphatic heterocycles. The highest BCUT2D eigenvalue weighted by atomic mass is 16.1. The molecule has 5 unspecified atom stereocenters. The Morgan fingerprint density at radius 3 is 2.50 bits per heavy atom. The van der Waals surface area contributed by atoms with E-state index in [4.69, 9.17) is 0 Å². The second-order valence-corrected chi connectivity index (χ2v) is 5.13. The monoisotopic (exact) mass is 164 g/mol. The molecule has 1 nitrogen and oxygen atoms in total. The summed E-state index contributed by atoms with van der Waals surface area (Å²) in [5, 5.41) is 0. The molecule has 0 heterocycles. The van der Waals surface area contributed by atoms with Crippen LogP contribution in [0.4, 0.5) is 0 Å². The van der Waals surface area contributed by atoms with Crippen LogP contribution in [0, 0.1) is 29.6 Å². The molecule has 66 valence electrons. The lowest BCUT2D eigenvalue weighted by molar-refractivity contribution is -0.124. The van der Waals surface area contributed by atoms with Crippen molar-refractivity contribution in [3.63, 3.8) is 0 Å². The van der Waals surface area contributed by atoms with Gasteiger partial charge in [-0.05, 0) is 56.3 Å². The topological polar surface area (TPSA) is 17.1 Å². The second kappa shape index (κ2) is 2.12. The number of rotatable bonds is 1. The van der Waals surface area contributed by atoms with E-state index in [1.807, 2.05) is 0 Å². The zero-order valence-electron chi connectivity index (χ0n) is 7.62. The molecule has 0 aromatic rings. The third kappa shape index (κ3) is 0.725. The standard InChI is InChI=1S/C11H16O/c1-6(12)11-9-3-7-2-8(5-9)10(11)4-7/h7-11H,2-5H2,1H3. The molecule has 4 aliphatic rings. The first kappa shape index (κ1) is 7.11. The van der Waals surface area contributed by atoms with Gasteiger partial charge in [-0.2, -0.15) is 0 Å². The fourth-order valence-corrected chi connectivity index (χ4v) is 4.37. The minimum absolute atomic E-state index is 0.479. The average Bonchev–Trinajstić information content (AvgIpc) is 2.38. The van der Waals surface area contributed by atoms with Crippen molar-refractivity contribution in [1.29, 1.82) is 0 Å². The van der Waals surface area contributed by atoms with Gasteiger partial charge in [-0.1, -0.05) is 0 Å². The van der Waals surface area contributed by atoms with Crippen molar-refractivity contribution in [1.82, 2.24) is 0 Å². The molecular formula is C11H16O. The molecule has 0 aromatic heterocycles. The quantitative estimate of drug-likeness (QED) is 0.581. The lowest BCUT2D eigenvalue weighted by Crippen LogP contribution is -2.28. The van der Waals surface area contributed by atoms with Crippen molar-refractivity contribution in [3.05, 3.63) is 0 Å². The number of hydrogen-bond acceptors (Lipinski definition) is 1. The minimum atomic E-state index is 0.479. The Morgan fingerprint density at radius 2 is 1.83 bits per heavy atom. The van der Waals surface area contributed by atoms with Gasteiger partial charge in [-0.15, -0.1) is 0 Å². The van der Waals surface area contributed by atoms with E-state index in [0.29, 0.717) is 11.7 Å². The van der Waals surface area contributed by atoms with Gasteiger partial charge >= 0.3 is 0 Å². The smallest absolute Gasteiger partial charge is 0.133 e. The maximum atomic E-state index is 11.4. The Hall–Kier alpha value is -0.330. The zero-order valence-corrected chi connectivity index (χ0v) is 7.62. The van der Waals surface area contributed by atoms with Gasteiger partial charge in [0.25, 0.3) is 0 Å². The van der Waals surface area contributed by atoms with Gasteiger partial charge in [0.15, 0.2) is 0 Å². The maximum Gasteiger partial charge on any atom is 0.133 e. The van der Waals surface area contributed by atoms with E-state index in [-0.39, 0.29) is 0 Å². The van der Waals surface area contributed by atoms with Crippen molar-refractivity contribution in [3.8, 4) is 0 Å². The van der Waals surface area contributed by atoms with Crippen molar-refractivity contribution in [2.24, 2.45) is 29.6 Å². The van der Waals surface area contributed by atoms with Crippen LogP contribution in [0.1, 0.15) is 32.6 Å². The molecule has 0 aromatic carbocycles. The Kier molecular flexibility index (Phi) is 1.26. The lowest BCUT2D eigenvalue weighted by atomic mass is 9.74. The maximum absolute atomic E-state index is 11.4. The number of Topliss-reactive ketones (excluding diaryl/α,β-unsaturated/α-hetero) is 1. The summed E-state index contributed by atoms with van der Waals surface area (Å²) in [6, 6.07) is 0. The van der Waals surface area contributed by atoms with Crippen molar-refractivity contribution >= 4 is 5.78 Å². The first-order valence-electron chi connectivity index (χ1n) is 5.26. The van der Waals surface area contributed by atoms with E-state index < -0.39 is 0 Å². The molecular weight excluding hydrogens is 148 g/mol. The molecule has 4 rings (SSSR count). The van der Waals surface area contributed by atoms with Crippen LogP contribution >= 0.6 is 0 Å². The van der Waals surface area contributed by atoms with Crippen LogP contribution in [0.25, 0.3) is 0 Å². The number of ketones is 1. The Balaban J connectivity index is 1.94. The summed E-state index contributed by atoms with van der Waals surface area (Å²) in [5.41, 5.74) is 0. The average molecular weight is 164 g/mol. The molecule has 4 bridgehead atoms. The van der Waals surface area contributed by atoms with Gasteiger partial charge < -0.3 is 0 Å². The summed E-state index contributed by atoms with van der Waals surface area (Å²) in [6.07, 6.45) is 5.58. The lowest BCUT2D eigenvalue weighted by Gasteiger charge is -2.30. The molecule has 0 N–H and O–H groups in total. The van der Waals surface area contributed by atoms with E-state index in [1.165, 1.54) is 25.7 Å². The third-order valence-electron chi connectivity index (χ3n) is 4.53. The summed E-state index contributed by atoms with van der Waals surface area (Å²) in [6.45, 7) is 1.80. The van der Waals surface area contributed by atoms with Gasteiger partial charge in [0, 0.05) is 5.92 Å². The van der Waals surface area contributed by atoms with Gasteiger partial charge in [0.1, 0.15) is 5.78 Å². The Labute approximate surface area is 73.5 Å². The highest BCUT2D eigenvalue weighted by Gasteiger charge is 2.54. The van der Waals surface area contributed by atoms with Crippen LogP contribution < -0.4 is 0 Å². The van der Waals surface area contributed by atoms with Gasteiger partial charge in [0.05, 0.1) is 0 Å². The molecule has 0 radical (unpaired) electrons. The molecule has 12 heavy (non-hydrogen) atoms. The van der Waals surface area contributed by atoms with Crippen molar-refractivity contribution < 1.29 is 4.79 Å². The zero-order chi connectivity index (χ0) is 8.29. The SMILES string of the molecule is CC(=O)C1C2CC3CC(C2)C1C3. The fourth-order valence-electron chi connectivity index (χ4n) is 4.37. The van der Waals surface area contributed by atoms with E-state index >= 15 is 0 Å². The van der Waals surface area contributed by atoms with Gasteiger partial charge in [0.2, 0.25) is 0 Å². The van der Waals surface area contributed by atoms with Crippen LogP contribution in [-0.2, 0) is 4.79 Å². The number of carbonyl (C=O) groups is 1. The van der Waals surface area contributed by atoms with Crippen molar-refractivity contribution in [2.45, 2.75) is 32.6 Å². The number of hydrogen-bond donors (Lipinski definition) is 0. The van der Waals surface area contributed by atoms with Gasteiger partial charge in [-0.3, -0.25) is 4.79 Å². The van der Waals surface area contributed by atoms with Crippen LogP contribution in [0.5, 0.6) is 0 Å². The summed E-state index contributed by atoms with van der Waals surface area (Å²) in [7, 11) is 0. The Morgan fingerprint density at radius 1 is 1.08 bits per heavy atom. The Bertz CT molecular complexity index is 229. The predicted molar refractivity (Wildman–Crippen MR) is 46.6 cm³/mol. The van der Waals surface area contributed by atoms with E-state index in [2.05, 4.69) is 0 Å². The molecule has 4 fully saturated rings. The second-order valence-electron chi connectivity index (χ2n) is 5.13. The highest BCUT2D eigenvalue weighted by molar-refractivity contribution is 5.79. The number of carbonyl (C=O) groups excluding carboxylic acids is 1. The molecule has 4 saturated carbocycles. The molecule has 5 atom stereocenters. The van der Waals surface area contributed by atoms with Crippen LogP contribution in [0.15, 0.2) is 0 Å². The largest absolute Gasteiger partial charge is 0.300 e. The van der Waals surface area contributed by atoms with Gasteiger partial charge in [-0.25, -0.2) is 0 Å². The summed E-state index contributed by atoms with van der Waals surface area (Å²) >= 11 is 0. The summed E-state index contributed by atoms with van der Waals surface area (Å²) in [5.74, 6) is 4.52. The molecule has 0 spiro atoms. The van der Waals surface area contributed by atoms with Crippen LogP contribution in [-0.4, -0.2) is 5.78 Å². The van der Waals surface area contributed by atoms with E-state index in [1.54, 1.807) is 6.92 Å². The van der Waals surface area contributed by atoms with E-state index in [9.17, 15) is 4.79 Å². The summed E-state index contributed by atoms with van der Waals surface area (Å²) < 4.78 is 0. The molecule has 1 heteroatoms. The normalized spacial score (nSPS) is 54.9. The highest BCUT2D eigenvalue weighted by Crippen LogP contribution is 2.61. The third-order valence-corrected chi connectivity index (χ3v) is 4.53.